The third-order valence-electron chi connectivity index (χ3n) is 3.30. The van der Waals surface area contributed by atoms with Gasteiger partial charge in [0, 0.05) is 26.0 Å². The van der Waals surface area contributed by atoms with Crippen molar-refractivity contribution in [2.45, 2.75) is 31.2 Å². The smallest absolute Gasteiger partial charge is 0.240 e. The van der Waals surface area contributed by atoms with Gasteiger partial charge in [0.15, 0.2) is 0 Å². The lowest BCUT2D eigenvalue weighted by Gasteiger charge is -2.14. The fraction of sp³-hybridized carbons (Fsp3) is 0.400. The normalized spacial score (nSPS) is 13.2. The second kappa shape index (κ2) is 7.20. The number of rotatable bonds is 7. The van der Waals surface area contributed by atoms with E-state index in [9.17, 15) is 12.8 Å². The number of hydrogen-bond donors (Lipinski definition) is 1. The first-order valence-electron chi connectivity index (χ1n) is 7.16. The highest BCUT2D eigenvalue weighted by Gasteiger charge is 2.19. The lowest BCUT2D eigenvalue weighted by molar-refractivity contribution is 0.188. The van der Waals surface area contributed by atoms with Gasteiger partial charge in [0.2, 0.25) is 10.0 Å². The number of hydrogen-bond acceptors (Lipinski definition) is 4. The summed E-state index contributed by atoms with van der Waals surface area (Å²) in [6.45, 7) is 4.01. The maximum atomic E-state index is 14.2. The van der Waals surface area contributed by atoms with E-state index in [2.05, 4.69) is 9.82 Å². The van der Waals surface area contributed by atoms with E-state index in [0.29, 0.717) is 13.0 Å². The number of halogens is 1. The van der Waals surface area contributed by atoms with E-state index >= 15 is 0 Å². The Labute approximate surface area is 135 Å². The number of aromatic nitrogens is 2. The molecule has 0 aliphatic rings. The Morgan fingerprint density at radius 2 is 2.17 bits per heavy atom. The first kappa shape index (κ1) is 17.6. The van der Waals surface area contributed by atoms with E-state index < -0.39 is 15.8 Å². The van der Waals surface area contributed by atoms with Crippen molar-refractivity contribution in [3.8, 4) is 5.69 Å². The standard InChI is InChI=1S/C15H20FN3O3S/c1-11-9-17-19(10-11)15-5-4-13(8-14(15)16)23(20,21)18-12(2)6-7-22-3/h4-5,8-10,12,18H,6-7H2,1-3H3/t12-/m1/s1. The van der Waals surface area contributed by atoms with E-state index in [4.69, 9.17) is 4.74 Å². The second-order valence-electron chi connectivity index (χ2n) is 5.38. The summed E-state index contributed by atoms with van der Waals surface area (Å²) in [7, 11) is -2.23. The fourth-order valence-corrected chi connectivity index (χ4v) is 3.36. The molecule has 23 heavy (non-hydrogen) atoms. The lowest BCUT2D eigenvalue weighted by Crippen LogP contribution is -2.33. The highest BCUT2D eigenvalue weighted by Crippen LogP contribution is 2.18. The molecular formula is C15H20FN3O3S. The highest BCUT2D eigenvalue weighted by molar-refractivity contribution is 7.89. The third kappa shape index (κ3) is 4.37. The first-order chi connectivity index (χ1) is 10.8. The lowest BCUT2D eigenvalue weighted by atomic mass is 10.3. The number of nitrogens with zero attached hydrogens (tertiary/aromatic N) is 2. The average Bonchev–Trinajstić information content (AvgIpc) is 2.90. The molecule has 0 spiro atoms. The van der Waals surface area contributed by atoms with E-state index in [1.165, 1.54) is 16.8 Å². The largest absolute Gasteiger partial charge is 0.385 e. The van der Waals surface area contributed by atoms with Gasteiger partial charge in [-0.25, -0.2) is 22.2 Å². The molecule has 0 fully saturated rings. The molecule has 1 N–H and O–H groups in total. The maximum absolute atomic E-state index is 14.2. The fourth-order valence-electron chi connectivity index (χ4n) is 2.07. The van der Waals surface area contributed by atoms with Gasteiger partial charge in [-0.2, -0.15) is 5.10 Å². The molecule has 0 saturated carbocycles. The molecule has 0 unspecified atom stereocenters. The van der Waals surface area contributed by atoms with Crippen LogP contribution in [-0.4, -0.2) is 38.0 Å². The molecule has 0 bridgehead atoms. The van der Waals surface area contributed by atoms with E-state index in [-0.39, 0.29) is 16.6 Å². The van der Waals surface area contributed by atoms with E-state index in [0.717, 1.165) is 11.6 Å². The summed E-state index contributed by atoms with van der Waals surface area (Å²) in [6.07, 6.45) is 3.80. The van der Waals surface area contributed by atoms with Crippen LogP contribution in [0.1, 0.15) is 18.9 Å². The molecule has 1 aromatic heterocycles. The van der Waals surface area contributed by atoms with Crippen molar-refractivity contribution in [2.75, 3.05) is 13.7 Å². The predicted octanol–water partition coefficient (Wildman–Crippen LogP) is 2.02. The van der Waals surface area contributed by atoms with E-state index in [1.54, 1.807) is 26.4 Å². The minimum atomic E-state index is -3.78. The molecular weight excluding hydrogens is 321 g/mol. The minimum absolute atomic E-state index is 0.119. The second-order valence-corrected chi connectivity index (χ2v) is 7.09. The topological polar surface area (TPSA) is 73.2 Å². The van der Waals surface area contributed by atoms with Crippen molar-refractivity contribution in [3.05, 3.63) is 42.0 Å². The molecule has 1 atom stereocenters. The van der Waals surface area contributed by atoms with Crippen LogP contribution in [0.25, 0.3) is 5.69 Å². The summed E-state index contributed by atoms with van der Waals surface area (Å²) in [4.78, 5) is -0.119. The molecule has 2 rings (SSSR count). The van der Waals surface area contributed by atoms with Gasteiger partial charge in [0.05, 0.1) is 11.1 Å². The average molecular weight is 341 g/mol. The highest BCUT2D eigenvalue weighted by atomic mass is 32.2. The summed E-state index contributed by atoms with van der Waals surface area (Å²) < 4.78 is 47.6. The molecule has 0 amide bonds. The van der Waals surface area contributed by atoms with Gasteiger partial charge in [-0.1, -0.05) is 0 Å². The van der Waals surface area contributed by atoms with Gasteiger partial charge >= 0.3 is 0 Å². The Kier molecular flexibility index (Phi) is 5.51. The van der Waals surface area contributed by atoms with Crippen molar-refractivity contribution in [1.29, 1.82) is 0 Å². The number of nitrogens with one attached hydrogen (secondary N) is 1. The number of benzene rings is 1. The van der Waals surface area contributed by atoms with Crippen LogP contribution in [-0.2, 0) is 14.8 Å². The van der Waals surface area contributed by atoms with Crippen LogP contribution in [0.5, 0.6) is 0 Å². The molecule has 1 heterocycles. The Bertz CT molecular complexity index is 774. The quantitative estimate of drug-likeness (QED) is 0.836. The molecule has 1 aromatic carbocycles. The SMILES string of the molecule is COCC[C@@H](C)NS(=O)(=O)c1ccc(-n2cc(C)cn2)c(F)c1. The van der Waals surface area contributed by atoms with Crippen LogP contribution in [0, 0.1) is 12.7 Å². The predicted molar refractivity (Wildman–Crippen MR) is 84.5 cm³/mol. The van der Waals surface area contributed by atoms with Crippen molar-refractivity contribution in [2.24, 2.45) is 0 Å². The summed E-state index contributed by atoms with van der Waals surface area (Å²) >= 11 is 0. The number of sulfonamides is 1. The molecule has 6 nitrogen and oxygen atoms in total. The molecule has 126 valence electrons. The monoisotopic (exact) mass is 341 g/mol. The van der Waals surface area contributed by atoms with Crippen molar-refractivity contribution in [3.63, 3.8) is 0 Å². The third-order valence-corrected chi connectivity index (χ3v) is 4.89. The molecule has 2 aromatic rings. The zero-order valence-corrected chi connectivity index (χ0v) is 14.1. The van der Waals surface area contributed by atoms with Gasteiger partial charge in [-0.15, -0.1) is 0 Å². The van der Waals surface area contributed by atoms with Crippen LogP contribution in [0.15, 0.2) is 35.5 Å². The zero-order chi connectivity index (χ0) is 17.0. The van der Waals surface area contributed by atoms with Crippen LogP contribution in [0.2, 0.25) is 0 Å². The van der Waals surface area contributed by atoms with Crippen LogP contribution >= 0.6 is 0 Å². The Morgan fingerprint density at radius 3 is 2.74 bits per heavy atom. The maximum Gasteiger partial charge on any atom is 0.240 e. The first-order valence-corrected chi connectivity index (χ1v) is 8.64. The number of aryl methyl sites for hydroxylation is 1. The minimum Gasteiger partial charge on any atom is -0.385 e. The molecule has 0 radical (unpaired) electrons. The molecule has 0 saturated heterocycles. The van der Waals surface area contributed by atoms with Crippen molar-refractivity contribution >= 4 is 10.0 Å². The van der Waals surface area contributed by atoms with Gasteiger partial charge in [0.1, 0.15) is 11.5 Å². The Morgan fingerprint density at radius 1 is 1.43 bits per heavy atom. The number of ether oxygens (including phenoxy) is 1. The summed E-state index contributed by atoms with van der Waals surface area (Å²) in [5.41, 5.74) is 1.08. The Balaban J connectivity index is 2.22. The Hall–Kier alpha value is -1.77. The summed E-state index contributed by atoms with van der Waals surface area (Å²) in [5.74, 6) is -0.652. The van der Waals surface area contributed by atoms with Crippen LogP contribution in [0.3, 0.4) is 0 Å². The van der Waals surface area contributed by atoms with Gasteiger partial charge in [-0.3, -0.25) is 0 Å². The number of methoxy groups -OCH3 is 1. The zero-order valence-electron chi connectivity index (χ0n) is 13.3. The van der Waals surface area contributed by atoms with Crippen molar-refractivity contribution in [1.82, 2.24) is 14.5 Å². The molecule has 8 heteroatoms. The summed E-state index contributed by atoms with van der Waals surface area (Å²) in [5, 5.41) is 4.02. The van der Waals surface area contributed by atoms with Gasteiger partial charge < -0.3 is 4.74 Å². The van der Waals surface area contributed by atoms with Crippen LogP contribution in [0.4, 0.5) is 4.39 Å². The molecule has 0 aliphatic heterocycles. The summed E-state index contributed by atoms with van der Waals surface area (Å²) in [6, 6.07) is 3.45. The van der Waals surface area contributed by atoms with E-state index in [1.807, 2.05) is 6.92 Å². The molecule has 0 aliphatic carbocycles. The van der Waals surface area contributed by atoms with Crippen LogP contribution < -0.4 is 4.72 Å². The van der Waals surface area contributed by atoms with Gasteiger partial charge in [0.25, 0.3) is 0 Å². The van der Waals surface area contributed by atoms with Gasteiger partial charge in [-0.05, 0) is 44.0 Å². The van der Waals surface area contributed by atoms with Crippen molar-refractivity contribution < 1.29 is 17.5 Å².